The molecular weight excluding hydrogens is 202 g/mol. The summed E-state index contributed by atoms with van der Waals surface area (Å²) in [5, 5.41) is 3.41. The zero-order valence-corrected chi connectivity index (χ0v) is 9.74. The smallest absolute Gasteiger partial charge is 0.199 e. The van der Waals surface area contributed by atoms with E-state index < -0.39 is 0 Å². The van der Waals surface area contributed by atoms with Crippen LogP contribution in [0.1, 0.15) is 43.2 Å². The van der Waals surface area contributed by atoms with Gasteiger partial charge in [-0.3, -0.25) is 4.79 Å². The number of hydrogen-bond acceptors (Lipinski definition) is 3. The van der Waals surface area contributed by atoms with Gasteiger partial charge < -0.3 is 9.73 Å². The molecule has 1 aromatic rings. The zero-order chi connectivity index (χ0) is 11.4. The Morgan fingerprint density at radius 2 is 2.50 bits per heavy atom. The van der Waals surface area contributed by atoms with Crippen LogP contribution in [0, 0.1) is 5.92 Å². The molecule has 1 saturated heterocycles. The Hall–Kier alpha value is -1.09. The first-order valence-corrected chi connectivity index (χ1v) is 6.09. The summed E-state index contributed by atoms with van der Waals surface area (Å²) >= 11 is 0. The van der Waals surface area contributed by atoms with Crippen LogP contribution in [0.3, 0.4) is 0 Å². The fourth-order valence-corrected chi connectivity index (χ4v) is 2.38. The predicted molar refractivity (Wildman–Crippen MR) is 62.5 cm³/mol. The average Bonchev–Trinajstić information content (AvgIpc) is 2.83. The number of ketones is 1. The second kappa shape index (κ2) is 5.30. The largest absolute Gasteiger partial charge is 0.461 e. The highest BCUT2D eigenvalue weighted by Crippen LogP contribution is 2.21. The summed E-state index contributed by atoms with van der Waals surface area (Å²) < 4.78 is 5.11. The highest BCUT2D eigenvalue weighted by atomic mass is 16.3. The quantitative estimate of drug-likeness (QED) is 0.795. The van der Waals surface area contributed by atoms with E-state index in [1.165, 1.54) is 12.8 Å². The normalized spacial score (nSPS) is 25.6. The molecule has 2 heterocycles. The first-order chi connectivity index (χ1) is 7.79. The van der Waals surface area contributed by atoms with Gasteiger partial charge in [-0.15, -0.1) is 0 Å². The van der Waals surface area contributed by atoms with Crippen molar-refractivity contribution in [2.45, 2.75) is 38.6 Å². The molecule has 1 aromatic heterocycles. The van der Waals surface area contributed by atoms with Crippen molar-refractivity contribution in [3.8, 4) is 0 Å². The molecule has 0 bridgehead atoms. The molecule has 1 aliphatic heterocycles. The maximum Gasteiger partial charge on any atom is 0.199 e. The molecule has 1 fully saturated rings. The van der Waals surface area contributed by atoms with Crippen molar-refractivity contribution in [1.82, 2.24) is 5.32 Å². The second-order valence-corrected chi connectivity index (χ2v) is 4.55. The van der Waals surface area contributed by atoms with Gasteiger partial charge in [0.25, 0.3) is 0 Å². The Kier molecular flexibility index (Phi) is 3.78. The van der Waals surface area contributed by atoms with Crippen molar-refractivity contribution >= 4 is 5.78 Å². The van der Waals surface area contributed by atoms with E-state index in [2.05, 4.69) is 12.2 Å². The fraction of sp³-hybridized carbons (Fsp3) is 0.615. The molecule has 0 saturated carbocycles. The van der Waals surface area contributed by atoms with Gasteiger partial charge in [0, 0.05) is 12.5 Å². The number of carbonyl (C=O) groups is 1. The van der Waals surface area contributed by atoms with E-state index in [-0.39, 0.29) is 5.78 Å². The van der Waals surface area contributed by atoms with Crippen molar-refractivity contribution in [3.05, 3.63) is 24.2 Å². The molecule has 0 radical (unpaired) electrons. The zero-order valence-electron chi connectivity index (χ0n) is 9.74. The maximum atomic E-state index is 11.8. The third-order valence-corrected chi connectivity index (χ3v) is 3.41. The number of Topliss-reactive ketones (excluding diaryl/α,β-unsaturated/α-hetero) is 1. The monoisotopic (exact) mass is 221 g/mol. The Labute approximate surface area is 96.2 Å². The number of piperidine rings is 1. The summed E-state index contributed by atoms with van der Waals surface area (Å²) in [7, 11) is 0. The number of furan rings is 1. The van der Waals surface area contributed by atoms with Gasteiger partial charge in [0.2, 0.25) is 0 Å². The summed E-state index contributed by atoms with van der Waals surface area (Å²) in [4.78, 5) is 11.8. The lowest BCUT2D eigenvalue weighted by Crippen LogP contribution is -2.39. The number of hydrogen-bond donors (Lipinski definition) is 1. The van der Waals surface area contributed by atoms with Gasteiger partial charge in [0.1, 0.15) is 0 Å². The van der Waals surface area contributed by atoms with Crippen LogP contribution in [-0.4, -0.2) is 18.4 Å². The molecule has 16 heavy (non-hydrogen) atoms. The Balaban J connectivity index is 1.87. The average molecular weight is 221 g/mol. The SMILES string of the molecule is CCC1CCNC(CC(=O)c2ccco2)C1. The summed E-state index contributed by atoms with van der Waals surface area (Å²) in [5.41, 5.74) is 0. The number of rotatable bonds is 4. The van der Waals surface area contributed by atoms with Gasteiger partial charge in [-0.25, -0.2) is 0 Å². The standard InChI is InChI=1S/C13H19NO2/c1-2-10-5-6-14-11(8-10)9-12(15)13-4-3-7-16-13/h3-4,7,10-11,14H,2,5-6,8-9H2,1H3. The third kappa shape index (κ3) is 2.73. The van der Waals surface area contributed by atoms with E-state index >= 15 is 0 Å². The van der Waals surface area contributed by atoms with Crippen LogP contribution in [-0.2, 0) is 0 Å². The molecule has 0 aliphatic carbocycles. The lowest BCUT2D eigenvalue weighted by molar-refractivity contribution is 0.0930. The predicted octanol–water partition coefficient (Wildman–Crippen LogP) is 2.63. The Bertz CT molecular complexity index is 332. The molecule has 3 nitrogen and oxygen atoms in total. The fourth-order valence-electron chi connectivity index (χ4n) is 2.38. The van der Waals surface area contributed by atoms with Crippen LogP contribution < -0.4 is 5.32 Å². The minimum atomic E-state index is 0.110. The van der Waals surface area contributed by atoms with Crippen LogP contribution in [0.2, 0.25) is 0 Å². The molecular formula is C13H19NO2. The molecule has 88 valence electrons. The van der Waals surface area contributed by atoms with Crippen LogP contribution >= 0.6 is 0 Å². The summed E-state index contributed by atoms with van der Waals surface area (Å²) in [6.07, 6.45) is 5.68. The van der Waals surface area contributed by atoms with E-state index in [1.54, 1.807) is 18.4 Å². The topological polar surface area (TPSA) is 42.2 Å². The molecule has 2 unspecified atom stereocenters. The van der Waals surface area contributed by atoms with Crippen molar-refractivity contribution in [2.24, 2.45) is 5.92 Å². The molecule has 2 rings (SSSR count). The van der Waals surface area contributed by atoms with Gasteiger partial charge in [0.15, 0.2) is 11.5 Å². The van der Waals surface area contributed by atoms with Gasteiger partial charge in [-0.05, 0) is 37.4 Å². The van der Waals surface area contributed by atoms with E-state index in [0.29, 0.717) is 18.2 Å². The third-order valence-electron chi connectivity index (χ3n) is 3.41. The maximum absolute atomic E-state index is 11.8. The Morgan fingerprint density at radius 3 is 3.19 bits per heavy atom. The van der Waals surface area contributed by atoms with Crippen molar-refractivity contribution in [1.29, 1.82) is 0 Å². The molecule has 1 N–H and O–H groups in total. The van der Waals surface area contributed by atoms with Crippen LogP contribution in [0.5, 0.6) is 0 Å². The second-order valence-electron chi connectivity index (χ2n) is 4.55. The van der Waals surface area contributed by atoms with Crippen LogP contribution in [0.25, 0.3) is 0 Å². The van der Waals surface area contributed by atoms with Gasteiger partial charge in [0.05, 0.1) is 6.26 Å². The molecule has 0 amide bonds. The van der Waals surface area contributed by atoms with Gasteiger partial charge in [-0.1, -0.05) is 13.3 Å². The lowest BCUT2D eigenvalue weighted by atomic mass is 9.88. The van der Waals surface area contributed by atoms with E-state index in [1.807, 2.05) is 0 Å². The van der Waals surface area contributed by atoms with E-state index in [9.17, 15) is 4.79 Å². The summed E-state index contributed by atoms with van der Waals surface area (Å²) in [5.74, 6) is 1.37. The highest BCUT2D eigenvalue weighted by molar-refractivity contribution is 5.93. The molecule has 0 aromatic carbocycles. The van der Waals surface area contributed by atoms with E-state index in [0.717, 1.165) is 18.9 Å². The first-order valence-electron chi connectivity index (χ1n) is 6.09. The highest BCUT2D eigenvalue weighted by Gasteiger charge is 2.23. The summed E-state index contributed by atoms with van der Waals surface area (Å²) in [6, 6.07) is 3.83. The lowest BCUT2D eigenvalue weighted by Gasteiger charge is -2.29. The molecule has 3 heteroatoms. The Morgan fingerprint density at radius 1 is 1.62 bits per heavy atom. The summed E-state index contributed by atoms with van der Waals surface area (Å²) in [6.45, 7) is 3.26. The van der Waals surface area contributed by atoms with Crippen molar-refractivity contribution in [2.75, 3.05) is 6.54 Å². The minimum Gasteiger partial charge on any atom is -0.461 e. The molecule has 0 spiro atoms. The van der Waals surface area contributed by atoms with Crippen molar-refractivity contribution in [3.63, 3.8) is 0 Å². The van der Waals surface area contributed by atoms with Gasteiger partial charge >= 0.3 is 0 Å². The molecule has 2 atom stereocenters. The number of nitrogens with one attached hydrogen (secondary N) is 1. The first kappa shape index (κ1) is 11.4. The van der Waals surface area contributed by atoms with Gasteiger partial charge in [-0.2, -0.15) is 0 Å². The van der Waals surface area contributed by atoms with E-state index in [4.69, 9.17) is 4.42 Å². The number of carbonyl (C=O) groups excluding carboxylic acids is 1. The van der Waals surface area contributed by atoms with Crippen LogP contribution in [0.4, 0.5) is 0 Å². The van der Waals surface area contributed by atoms with Crippen molar-refractivity contribution < 1.29 is 9.21 Å². The molecule has 1 aliphatic rings. The van der Waals surface area contributed by atoms with Crippen LogP contribution in [0.15, 0.2) is 22.8 Å². The minimum absolute atomic E-state index is 0.110.